The summed E-state index contributed by atoms with van der Waals surface area (Å²) in [6.45, 7) is 0. The SMILES string of the molecule is CN1C(=O)C(F)(Cc2ccccc2)c2ccccc21. The predicted octanol–water partition coefficient (Wildman–Crippen LogP) is 3.07. The molecule has 3 rings (SSSR count). The number of halogens is 1. The third kappa shape index (κ3) is 1.73. The summed E-state index contributed by atoms with van der Waals surface area (Å²) in [4.78, 5) is 13.6. The average Bonchev–Trinajstić information content (AvgIpc) is 2.63. The summed E-state index contributed by atoms with van der Waals surface area (Å²) in [6, 6.07) is 16.3. The fraction of sp³-hybridized carbons (Fsp3) is 0.188. The zero-order valence-corrected chi connectivity index (χ0v) is 10.6. The van der Waals surface area contributed by atoms with Crippen LogP contribution in [0.15, 0.2) is 54.6 Å². The van der Waals surface area contributed by atoms with E-state index in [2.05, 4.69) is 0 Å². The Kier molecular flexibility index (Phi) is 2.63. The van der Waals surface area contributed by atoms with Crippen LogP contribution >= 0.6 is 0 Å². The summed E-state index contributed by atoms with van der Waals surface area (Å²) in [5, 5.41) is 0. The van der Waals surface area contributed by atoms with Gasteiger partial charge in [-0.25, -0.2) is 4.39 Å². The molecule has 1 amide bonds. The zero-order chi connectivity index (χ0) is 13.5. The van der Waals surface area contributed by atoms with Gasteiger partial charge < -0.3 is 4.90 Å². The van der Waals surface area contributed by atoms with E-state index in [9.17, 15) is 4.79 Å². The van der Waals surface area contributed by atoms with E-state index in [-0.39, 0.29) is 6.42 Å². The van der Waals surface area contributed by atoms with Gasteiger partial charge in [-0.15, -0.1) is 0 Å². The van der Waals surface area contributed by atoms with Crippen LogP contribution in [-0.4, -0.2) is 13.0 Å². The summed E-state index contributed by atoms with van der Waals surface area (Å²) in [5.41, 5.74) is -0.00656. The number of amides is 1. The molecule has 1 atom stereocenters. The van der Waals surface area contributed by atoms with Gasteiger partial charge in [-0.2, -0.15) is 0 Å². The maximum Gasteiger partial charge on any atom is 0.269 e. The van der Waals surface area contributed by atoms with Crippen LogP contribution in [0, 0.1) is 0 Å². The van der Waals surface area contributed by atoms with Crippen molar-refractivity contribution in [2.45, 2.75) is 12.1 Å². The van der Waals surface area contributed by atoms with E-state index in [0.717, 1.165) is 5.56 Å². The molecular weight excluding hydrogens is 241 g/mol. The van der Waals surface area contributed by atoms with Crippen molar-refractivity contribution < 1.29 is 9.18 Å². The Morgan fingerprint density at radius 3 is 2.42 bits per heavy atom. The number of rotatable bonds is 2. The van der Waals surface area contributed by atoms with Crippen LogP contribution in [0.5, 0.6) is 0 Å². The van der Waals surface area contributed by atoms with Crippen LogP contribution in [0.4, 0.5) is 10.1 Å². The Bertz CT molecular complexity index is 626. The van der Waals surface area contributed by atoms with Gasteiger partial charge in [-0.3, -0.25) is 4.79 Å². The Morgan fingerprint density at radius 1 is 1.05 bits per heavy atom. The van der Waals surface area contributed by atoms with Gasteiger partial charge >= 0.3 is 0 Å². The topological polar surface area (TPSA) is 20.3 Å². The van der Waals surface area contributed by atoms with Crippen molar-refractivity contribution in [2.24, 2.45) is 0 Å². The third-order valence-electron chi connectivity index (χ3n) is 3.63. The lowest BCUT2D eigenvalue weighted by molar-refractivity contribution is -0.129. The molecule has 0 saturated heterocycles. The molecule has 0 saturated carbocycles. The predicted molar refractivity (Wildman–Crippen MR) is 72.8 cm³/mol. The van der Waals surface area contributed by atoms with E-state index in [0.29, 0.717) is 11.3 Å². The largest absolute Gasteiger partial charge is 0.312 e. The van der Waals surface area contributed by atoms with E-state index in [1.807, 2.05) is 36.4 Å². The molecule has 96 valence electrons. The van der Waals surface area contributed by atoms with Crippen LogP contribution in [0.3, 0.4) is 0 Å². The van der Waals surface area contributed by atoms with Crippen molar-refractivity contribution in [1.82, 2.24) is 0 Å². The highest BCUT2D eigenvalue weighted by molar-refractivity contribution is 6.06. The van der Waals surface area contributed by atoms with Gasteiger partial charge in [0.15, 0.2) is 0 Å². The molecule has 1 aliphatic heterocycles. The first-order chi connectivity index (χ1) is 9.13. The van der Waals surface area contributed by atoms with Crippen LogP contribution in [0.1, 0.15) is 11.1 Å². The van der Waals surface area contributed by atoms with E-state index < -0.39 is 11.6 Å². The van der Waals surface area contributed by atoms with Crippen molar-refractivity contribution >= 4 is 11.6 Å². The van der Waals surface area contributed by atoms with E-state index in [1.165, 1.54) is 4.90 Å². The highest BCUT2D eigenvalue weighted by atomic mass is 19.1. The van der Waals surface area contributed by atoms with Crippen LogP contribution in [0.2, 0.25) is 0 Å². The number of hydrogen-bond donors (Lipinski definition) is 0. The van der Waals surface area contributed by atoms with E-state index >= 15 is 4.39 Å². The van der Waals surface area contributed by atoms with Crippen molar-refractivity contribution in [3.05, 3.63) is 65.7 Å². The van der Waals surface area contributed by atoms with Crippen molar-refractivity contribution in [2.75, 3.05) is 11.9 Å². The maximum absolute atomic E-state index is 15.2. The fourth-order valence-electron chi connectivity index (χ4n) is 2.64. The summed E-state index contributed by atoms with van der Waals surface area (Å²) in [6.07, 6.45) is 0.0774. The normalized spacial score (nSPS) is 21.6. The second-order valence-electron chi connectivity index (χ2n) is 4.84. The molecule has 19 heavy (non-hydrogen) atoms. The minimum atomic E-state index is -1.95. The average molecular weight is 255 g/mol. The molecule has 0 aromatic heterocycles. The Morgan fingerprint density at radius 2 is 1.68 bits per heavy atom. The summed E-state index contributed by atoms with van der Waals surface area (Å²) in [7, 11) is 1.62. The fourth-order valence-corrected chi connectivity index (χ4v) is 2.64. The standard InChI is InChI=1S/C16H14FNO/c1-18-14-10-6-5-9-13(14)16(17,15(18)19)11-12-7-3-2-4-8-12/h2-10H,11H2,1H3. The molecule has 0 bridgehead atoms. The number of carbonyl (C=O) groups excluding carboxylic acids is 1. The number of alkyl halides is 1. The lowest BCUT2D eigenvalue weighted by atomic mass is 9.90. The summed E-state index contributed by atoms with van der Waals surface area (Å²) < 4.78 is 15.2. The van der Waals surface area contributed by atoms with E-state index in [1.54, 1.807) is 25.2 Å². The van der Waals surface area contributed by atoms with Crippen molar-refractivity contribution in [3.63, 3.8) is 0 Å². The third-order valence-corrected chi connectivity index (χ3v) is 3.63. The second kappa shape index (κ2) is 4.19. The Hall–Kier alpha value is -2.16. The number of hydrogen-bond acceptors (Lipinski definition) is 1. The number of likely N-dealkylation sites (N-methyl/N-ethyl adjacent to an activating group) is 1. The first-order valence-corrected chi connectivity index (χ1v) is 6.23. The molecular formula is C16H14FNO. The monoisotopic (exact) mass is 255 g/mol. The molecule has 0 spiro atoms. The second-order valence-corrected chi connectivity index (χ2v) is 4.84. The highest BCUT2D eigenvalue weighted by Gasteiger charge is 2.50. The van der Waals surface area contributed by atoms with E-state index in [4.69, 9.17) is 0 Å². The summed E-state index contributed by atoms with van der Waals surface area (Å²) >= 11 is 0. The maximum atomic E-state index is 15.2. The molecule has 0 aliphatic carbocycles. The first-order valence-electron chi connectivity index (χ1n) is 6.23. The van der Waals surface area contributed by atoms with Gasteiger partial charge in [0, 0.05) is 19.0 Å². The van der Waals surface area contributed by atoms with Gasteiger partial charge in [0.25, 0.3) is 5.91 Å². The zero-order valence-electron chi connectivity index (χ0n) is 10.6. The number of fused-ring (bicyclic) bond motifs is 1. The van der Waals surface area contributed by atoms with Crippen molar-refractivity contribution in [1.29, 1.82) is 0 Å². The molecule has 1 unspecified atom stereocenters. The van der Waals surface area contributed by atoms with Gasteiger partial charge in [0.2, 0.25) is 5.67 Å². The minimum Gasteiger partial charge on any atom is -0.312 e. The molecule has 2 aromatic rings. The summed E-state index contributed by atoms with van der Waals surface area (Å²) in [5.74, 6) is -0.488. The number of anilines is 1. The molecule has 2 aromatic carbocycles. The van der Waals surface area contributed by atoms with Crippen LogP contribution in [0.25, 0.3) is 0 Å². The quantitative estimate of drug-likeness (QED) is 0.807. The molecule has 0 fully saturated rings. The molecule has 3 heteroatoms. The molecule has 2 nitrogen and oxygen atoms in total. The molecule has 0 N–H and O–H groups in total. The van der Waals surface area contributed by atoms with Gasteiger partial charge in [0.1, 0.15) is 0 Å². The first kappa shape index (κ1) is 11.9. The molecule has 1 heterocycles. The number of nitrogens with zero attached hydrogens (tertiary/aromatic N) is 1. The minimum absolute atomic E-state index is 0.0774. The lowest BCUT2D eigenvalue weighted by Gasteiger charge is -2.19. The molecule has 0 radical (unpaired) electrons. The number of benzene rings is 2. The number of carbonyl (C=O) groups is 1. The van der Waals surface area contributed by atoms with Gasteiger partial charge in [-0.1, -0.05) is 48.5 Å². The van der Waals surface area contributed by atoms with Crippen LogP contribution in [-0.2, 0) is 16.9 Å². The smallest absolute Gasteiger partial charge is 0.269 e. The highest BCUT2D eigenvalue weighted by Crippen LogP contribution is 2.44. The molecule has 1 aliphatic rings. The van der Waals surface area contributed by atoms with Gasteiger partial charge in [0.05, 0.1) is 5.69 Å². The van der Waals surface area contributed by atoms with Crippen LogP contribution < -0.4 is 4.90 Å². The Labute approximate surface area is 111 Å². The van der Waals surface area contributed by atoms with Crippen molar-refractivity contribution in [3.8, 4) is 0 Å². The Balaban J connectivity index is 2.06. The number of para-hydroxylation sites is 1. The lowest BCUT2D eigenvalue weighted by Crippen LogP contribution is -2.36. The van der Waals surface area contributed by atoms with Gasteiger partial charge in [-0.05, 0) is 11.6 Å².